The molecule has 0 unspecified atom stereocenters. The predicted octanol–water partition coefficient (Wildman–Crippen LogP) is 5.38. The Morgan fingerprint density at radius 3 is 2.84 bits per heavy atom. The van der Waals surface area contributed by atoms with Gasteiger partial charge < -0.3 is 0 Å². The Morgan fingerprint density at radius 1 is 1.58 bits per heavy atom. The molecule has 0 bridgehead atoms. The zero-order valence-corrected chi connectivity index (χ0v) is 13.7. The predicted molar refractivity (Wildman–Crippen MR) is 86.4 cm³/mol. The summed E-state index contributed by atoms with van der Waals surface area (Å²) in [6, 6.07) is 0. The van der Waals surface area contributed by atoms with Crippen molar-refractivity contribution in [2.24, 2.45) is 11.3 Å². The highest BCUT2D eigenvalue weighted by Gasteiger charge is 2.42. The molecule has 1 nitrogen and oxygen atoms in total. The third-order valence-corrected chi connectivity index (χ3v) is 5.23. The molecule has 2 atom stereocenters. The fourth-order valence-electron chi connectivity index (χ4n) is 2.78. The van der Waals surface area contributed by atoms with Crippen LogP contribution in [-0.4, -0.2) is 11.5 Å². The average Bonchev–Trinajstić information content (AvgIpc) is 2.34. The molecule has 1 saturated carbocycles. The lowest BCUT2D eigenvalue weighted by Gasteiger charge is -2.39. The van der Waals surface area contributed by atoms with Crippen LogP contribution in [0.25, 0.3) is 0 Å². The fourth-order valence-corrected chi connectivity index (χ4v) is 3.77. The Hall–Kier alpha value is -0.500. The van der Waals surface area contributed by atoms with Gasteiger partial charge in [-0.05, 0) is 49.7 Å². The second-order valence-corrected chi connectivity index (χ2v) is 7.16. The molecular weight excluding hydrogens is 252 g/mol. The third kappa shape index (κ3) is 4.24. The molecule has 1 aliphatic rings. The Kier molecular flexibility index (Phi) is 6.38. The van der Waals surface area contributed by atoms with Crippen LogP contribution in [0.3, 0.4) is 0 Å². The minimum Gasteiger partial charge on any atom is -0.294 e. The number of Topliss-reactive ketones (excluding diaryl/α,β-unsaturated/α-hetero) is 1. The summed E-state index contributed by atoms with van der Waals surface area (Å²) in [5, 5.41) is 2.13. The summed E-state index contributed by atoms with van der Waals surface area (Å²) in [4.78, 5) is 12.7. The molecule has 0 aromatic carbocycles. The first-order valence-corrected chi connectivity index (χ1v) is 8.46. The van der Waals surface area contributed by atoms with Gasteiger partial charge in [-0.2, -0.15) is 0 Å². The Bertz CT molecular complexity index is 369. The molecule has 19 heavy (non-hydrogen) atoms. The number of rotatable bonds is 6. The van der Waals surface area contributed by atoms with Crippen molar-refractivity contribution in [3.05, 3.63) is 23.1 Å². The second-order valence-electron chi connectivity index (χ2n) is 6.19. The number of carbonyl (C=O) groups is 1. The number of ketones is 1. The van der Waals surface area contributed by atoms with Crippen LogP contribution in [-0.2, 0) is 4.79 Å². The van der Waals surface area contributed by atoms with Gasteiger partial charge in [0.1, 0.15) is 0 Å². The fraction of sp³-hybridized carbons (Fsp3) is 0.706. The van der Waals surface area contributed by atoms with Crippen LogP contribution in [0.15, 0.2) is 23.1 Å². The van der Waals surface area contributed by atoms with Crippen LogP contribution in [0.5, 0.6) is 0 Å². The lowest BCUT2D eigenvalue weighted by Crippen LogP contribution is -2.39. The van der Waals surface area contributed by atoms with Gasteiger partial charge in [0.05, 0.1) is 0 Å². The standard InChI is InChI=1S/C17H28OS/c1-6-7-10-19-12-15-9-8-14(4)17(5,16(15)18)11-13(2)3/h12,14H,2,6-11H2,1,3-5H3/b15-12+/t14-,17-/m0/s1. The van der Waals surface area contributed by atoms with E-state index in [4.69, 9.17) is 0 Å². The summed E-state index contributed by atoms with van der Waals surface area (Å²) in [5.41, 5.74) is 1.92. The van der Waals surface area contributed by atoms with Crippen molar-refractivity contribution < 1.29 is 4.79 Å². The van der Waals surface area contributed by atoms with Crippen molar-refractivity contribution in [2.75, 3.05) is 5.75 Å². The van der Waals surface area contributed by atoms with Gasteiger partial charge in [0.2, 0.25) is 0 Å². The summed E-state index contributed by atoms with van der Waals surface area (Å²) in [7, 11) is 0. The van der Waals surface area contributed by atoms with Gasteiger partial charge in [0.15, 0.2) is 5.78 Å². The van der Waals surface area contributed by atoms with Crippen LogP contribution in [0.2, 0.25) is 0 Å². The topological polar surface area (TPSA) is 17.1 Å². The third-order valence-electron chi connectivity index (χ3n) is 4.26. The van der Waals surface area contributed by atoms with Gasteiger partial charge in [-0.15, -0.1) is 18.3 Å². The first-order valence-electron chi connectivity index (χ1n) is 7.41. The zero-order chi connectivity index (χ0) is 14.5. The minimum atomic E-state index is -0.235. The maximum absolute atomic E-state index is 12.7. The van der Waals surface area contributed by atoms with Crippen molar-refractivity contribution in [3.8, 4) is 0 Å². The summed E-state index contributed by atoms with van der Waals surface area (Å²) in [6.45, 7) is 12.6. The highest BCUT2D eigenvalue weighted by molar-refractivity contribution is 8.02. The van der Waals surface area contributed by atoms with Gasteiger partial charge in [-0.1, -0.05) is 32.8 Å². The molecule has 0 heterocycles. The average molecular weight is 280 g/mol. The van der Waals surface area contributed by atoms with Gasteiger partial charge in [0.25, 0.3) is 0 Å². The molecule has 108 valence electrons. The van der Waals surface area contributed by atoms with E-state index < -0.39 is 0 Å². The van der Waals surface area contributed by atoms with Crippen LogP contribution in [0, 0.1) is 11.3 Å². The summed E-state index contributed by atoms with van der Waals surface area (Å²) in [5.74, 6) is 1.94. The van der Waals surface area contributed by atoms with Crippen LogP contribution in [0.4, 0.5) is 0 Å². The summed E-state index contributed by atoms with van der Waals surface area (Å²) < 4.78 is 0. The number of unbranched alkanes of at least 4 members (excludes halogenated alkanes) is 1. The van der Waals surface area contributed by atoms with Crippen LogP contribution < -0.4 is 0 Å². The molecule has 0 spiro atoms. The summed E-state index contributed by atoms with van der Waals surface area (Å²) >= 11 is 1.80. The smallest absolute Gasteiger partial charge is 0.165 e. The number of hydrogen-bond donors (Lipinski definition) is 0. The van der Waals surface area contributed by atoms with Crippen LogP contribution in [0.1, 0.15) is 59.8 Å². The van der Waals surface area contributed by atoms with Crippen molar-refractivity contribution in [3.63, 3.8) is 0 Å². The maximum Gasteiger partial charge on any atom is 0.165 e. The highest BCUT2D eigenvalue weighted by Crippen LogP contribution is 2.44. The number of carbonyl (C=O) groups excluding carboxylic acids is 1. The maximum atomic E-state index is 12.7. The number of thioether (sulfide) groups is 1. The number of hydrogen-bond acceptors (Lipinski definition) is 2. The van der Waals surface area contributed by atoms with Crippen molar-refractivity contribution in [2.45, 2.75) is 59.8 Å². The van der Waals surface area contributed by atoms with E-state index in [0.717, 1.165) is 36.2 Å². The van der Waals surface area contributed by atoms with E-state index in [-0.39, 0.29) is 5.41 Å². The molecule has 2 heteroatoms. The minimum absolute atomic E-state index is 0.235. The molecular formula is C17H28OS. The molecule has 0 aromatic heterocycles. The van der Waals surface area contributed by atoms with Gasteiger partial charge >= 0.3 is 0 Å². The molecule has 0 amide bonds. The Morgan fingerprint density at radius 2 is 2.26 bits per heavy atom. The normalized spacial score (nSPS) is 29.8. The van der Waals surface area contributed by atoms with Crippen molar-refractivity contribution in [1.29, 1.82) is 0 Å². The molecule has 0 aromatic rings. The van der Waals surface area contributed by atoms with Gasteiger partial charge in [-0.25, -0.2) is 0 Å². The Labute approximate surface area is 122 Å². The zero-order valence-electron chi connectivity index (χ0n) is 12.9. The molecule has 0 saturated heterocycles. The monoisotopic (exact) mass is 280 g/mol. The van der Waals surface area contributed by atoms with Gasteiger partial charge in [-0.3, -0.25) is 4.79 Å². The van der Waals surface area contributed by atoms with E-state index in [9.17, 15) is 4.79 Å². The molecule has 0 aliphatic heterocycles. The molecule has 0 radical (unpaired) electrons. The van der Waals surface area contributed by atoms with Crippen molar-refractivity contribution in [1.82, 2.24) is 0 Å². The van der Waals surface area contributed by atoms with E-state index in [0.29, 0.717) is 11.7 Å². The van der Waals surface area contributed by atoms with Crippen LogP contribution >= 0.6 is 11.8 Å². The van der Waals surface area contributed by atoms with E-state index in [1.807, 2.05) is 6.92 Å². The van der Waals surface area contributed by atoms with E-state index in [1.54, 1.807) is 11.8 Å². The van der Waals surface area contributed by atoms with Gasteiger partial charge in [0, 0.05) is 11.0 Å². The lowest BCUT2D eigenvalue weighted by molar-refractivity contribution is -0.128. The summed E-state index contributed by atoms with van der Waals surface area (Å²) in [6.07, 6.45) is 5.33. The lowest BCUT2D eigenvalue weighted by atomic mass is 9.63. The molecule has 0 N–H and O–H groups in total. The highest BCUT2D eigenvalue weighted by atomic mass is 32.2. The SMILES string of the molecule is C=C(C)C[C@]1(C)C(=O)/C(=C/SCCCC)CC[C@@H]1C. The first-order chi connectivity index (χ1) is 8.91. The van der Waals surface area contributed by atoms with E-state index in [2.05, 4.69) is 32.8 Å². The molecule has 1 aliphatic carbocycles. The quantitative estimate of drug-likeness (QED) is 0.369. The van der Waals surface area contributed by atoms with E-state index in [1.165, 1.54) is 12.8 Å². The second kappa shape index (κ2) is 7.33. The Balaban J connectivity index is 2.77. The molecule has 1 fully saturated rings. The van der Waals surface area contributed by atoms with Crippen molar-refractivity contribution >= 4 is 17.5 Å². The first kappa shape index (κ1) is 16.6. The number of allylic oxidation sites excluding steroid dienone is 2. The molecule has 1 rings (SSSR count). The van der Waals surface area contributed by atoms with E-state index >= 15 is 0 Å². The largest absolute Gasteiger partial charge is 0.294 e.